The molecule has 1 heterocycles. The lowest BCUT2D eigenvalue weighted by atomic mass is 9.80. The number of hydrogen-bond donors (Lipinski definition) is 2. The van der Waals surface area contributed by atoms with Gasteiger partial charge in [0.1, 0.15) is 0 Å². The third kappa shape index (κ3) is 2.78. The number of ether oxygens (including phenoxy) is 1. The maximum atomic E-state index is 14.1. The van der Waals surface area contributed by atoms with Crippen LogP contribution in [-0.4, -0.2) is 13.2 Å². The SMILES string of the molecule is Cc1ccc(C(NN)C2CCOCC2C)c(F)c1F. The molecule has 1 aliphatic rings. The molecule has 5 heteroatoms. The molecule has 3 nitrogen and oxygen atoms in total. The third-order valence-corrected chi connectivity index (χ3v) is 3.96. The number of benzene rings is 1. The highest BCUT2D eigenvalue weighted by molar-refractivity contribution is 5.28. The average molecular weight is 270 g/mol. The standard InChI is InChI=1S/C14H20F2N2O/c1-8-3-4-11(13(16)12(8)15)14(18-17)10-5-6-19-7-9(10)2/h3-4,9-10,14,18H,5-7,17H2,1-2H3. The molecule has 0 aliphatic carbocycles. The molecule has 3 unspecified atom stereocenters. The Morgan fingerprint density at radius 2 is 2.11 bits per heavy atom. The Balaban J connectivity index is 2.34. The van der Waals surface area contributed by atoms with E-state index in [0.29, 0.717) is 24.3 Å². The van der Waals surface area contributed by atoms with Gasteiger partial charge in [0.2, 0.25) is 0 Å². The largest absolute Gasteiger partial charge is 0.381 e. The van der Waals surface area contributed by atoms with Crippen LogP contribution in [0.15, 0.2) is 12.1 Å². The van der Waals surface area contributed by atoms with Crippen molar-refractivity contribution in [1.29, 1.82) is 0 Å². The van der Waals surface area contributed by atoms with Gasteiger partial charge in [-0.05, 0) is 30.7 Å². The molecular formula is C14H20F2N2O. The van der Waals surface area contributed by atoms with Crippen LogP contribution >= 0.6 is 0 Å². The fourth-order valence-corrected chi connectivity index (χ4v) is 2.74. The Morgan fingerprint density at radius 1 is 1.37 bits per heavy atom. The van der Waals surface area contributed by atoms with Gasteiger partial charge in [0.15, 0.2) is 11.6 Å². The van der Waals surface area contributed by atoms with E-state index in [0.717, 1.165) is 6.42 Å². The molecule has 0 saturated carbocycles. The van der Waals surface area contributed by atoms with Gasteiger partial charge >= 0.3 is 0 Å². The number of hydrogen-bond acceptors (Lipinski definition) is 3. The first-order valence-electron chi connectivity index (χ1n) is 6.54. The van der Waals surface area contributed by atoms with E-state index in [9.17, 15) is 8.78 Å². The van der Waals surface area contributed by atoms with Crippen molar-refractivity contribution in [1.82, 2.24) is 5.43 Å². The van der Waals surface area contributed by atoms with E-state index in [4.69, 9.17) is 10.6 Å². The van der Waals surface area contributed by atoms with E-state index >= 15 is 0 Å². The van der Waals surface area contributed by atoms with E-state index in [-0.39, 0.29) is 11.8 Å². The van der Waals surface area contributed by atoms with Crippen LogP contribution < -0.4 is 11.3 Å². The molecule has 2 rings (SSSR count). The van der Waals surface area contributed by atoms with Gasteiger partial charge in [0, 0.05) is 18.8 Å². The number of aryl methyl sites for hydroxylation is 1. The van der Waals surface area contributed by atoms with Crippen LogP contribution in [0.4, 0.5) is 8.78 Å². The van der Waals surface area contributed by atoms with Gasteiger partial charge in [-0.15, -0.1) is 0 Å². The van der Waals surface area contributed by atoms with Crippen molar-refractivity contribution in [2.24, 2.45) is 17.7 Å². The minimum Gasteiger partial charge on any atom is -0.381 e. The zero-order chi connectivity index (χ0) is 14.0. The summed E-state index contributed by atoms with van der Waals surface area (Å²) in [5, 5.41) is 0. The third-order valence-electron chi connectivity index (χ3n) is 3.96. The summed E-state index contributed by atoms with van der Waals surface area (Å²) in [6.07, 6.45) is 0.783. The van der Waals surface area contributed by atoms with Crippen molar-refractivity contribution >= 4 is 0 Å². The molecule has 19 heavy (non-hydrogen) atoms. The minimum absolute atomic E-state index is 0.135. The monoisotopic (exact) mass is 270 g/mol. The Labute approximate surface area is 112 Å². The van der Waals surface area contributed by atoms with E-state index in [1.54, 1.807) is 19.1 Å². The van der Waals surface area contributed by atoms with Crippen molar-refractivity contribution in [3.63, 3.8) is 0 Å². The molecular weight excluding hydrogens is 250 g/mol. The molecule has 1 aliphatic heterocycles. The summed E-state index contributed by atoms with van der Waals surface area (Å²) < 4.78 is 33.1. The molecule has 3 N–H and O–H groups in total. The van der Waals surface area contributed by atoms with Crippen molar-refractivity contribution < 1.29 is 13.5 Å². The van der Waals surface area contributed by atoms with Crippen molar-refractivity contribution in [2.45, 2.75) is 26.3 Å². The molecule has 0 radical (unpaired) electrons. The molecule has 106 valence electrons. The highest BCUT2D eigenvalue weighted by Crippen LogP contribution is 2.35. The van der Waals surface area contributed by atoms with Crippen LogP contribution in [0.1, 0.15) is 30.5 Å². The van der Waals surface area contributed by atoms with Gasteiger partial charge < -0.3 is 4.74 Å². The molecule has 0 aromatic heterocycles. The average Bonchev–Trinajstić information content (AvgIpc) is 2.41. The molecule has 1 saturated heterocycles. The Kier molecular flexibility index (Phi) is 4.50. The van der Waals surface area contributed by atoms with E-state index in [2.05, 4.69) is 5.43 Å². The summed E-state index contributed by atoms with van der Waals surface area (Å²) in [7, 11) is 0. The van der Waals surface area contributed by atoms with Crippen molar-refractivity contribution in [3.8, 4) is 0 Å². The predicted molar refractivity (Wildman–Crippen MR) is 69.2 cm³/mol. The van der Waals surface area contributed by atoms with Crippen molar-refractivity contribution in [3.05, 3.63) is 34.9 Å². The fraction of sp³-hybridized carbons (Fsp3) is 0.571. The number of nitrogens with two attached hydrogens (primary N) is 1. The summed E-state index contributed by atoms with van der Waals surface area (Å²) >= 11 is 0. The van der Waals surface area contributed by atoms with Gasteiger partial charge in [-0.1, -0.05) is 19.1 Å². The zero-order valence-corrected chi connectivity index (χ0v) is 11.2. The summed E-state index contributed by atoms with van der Waals surface area (Å²) in [4.78, 5) is 0. The fourth-order valence-electron chi connectivity index (χ4n) is 2.74. The molecule has 1 aromatic carbocycles. The lowest BCUT2D eigenvalue weighted by Gasteiger charge is -2.35. The molecule has 1 aromatic rings. The summed E-state index contributed by atoms with van der Waals surface area (Å²) in [5.41, 5.74) is 3.24. The van der Waals surface area contributed by atoms with Gasteiger partial charge in [-0.25, -0.2) is 8.78 Å². The summed E-state index contributed by atoms with van der Waals surface area (Å²) in [5.74, 6) is 4.36. The molecule has 1 fully saturated rings. The van der Waals surface area contributed by atoms with E-state index in [1.807, 2.05) is 6.92 Å². The molecule has 3 atom stereocenters. The van der Waals surface area contributed by atoms with E-state index in [1.165, 1.54) is 0 Å². The van der Waals surface area contributed by atoms with Crippen LogP contribution in [-0.2, 0) is 4.74 Å². The van der Waals surface area contributed by atoms with Crippen molar-refractivity contribution in [2.75, 3.05) is 13.2 Å². The predicted octanol–water partition coefficient (Wildman–Crippen LogP) is 2.45. The number of nitrogens with one attached hydrogen (secondary N) is 1. The Hall–Kier alpha value is -1.04. The number of rotatable bonds is 3. The maximum absolute atomic E-state index is 14.1. The van der Waals surface area contributed by atoms with E-state index < -0.39 is 17.7 Å². The second-order valence-corrected chi connectivity index (χ2v) is 5.25. The van der Waals surface area contributed by atoms with Gasteiger partial charge in [-0.3, -0.25) is 11.3 Å². The van der Waals surface area contributed by atoms with Crippen LogP contribution in [0.5, 0.6) is 0 Å². The second kappa shape index (κ2) is 5.94. The normalized spacial score (nSPS) is 25.3. The molecule has 0 amide bonds. The summed E-state index contributed by atoms with van der Waals surface area (Å²) in [6, 6.07) is 2.80. The number of hydrazine groups is 1. The number of halogens is 2. The maximum Gasteiger partial charge on any atom is 0.163 e. The van der Waals surface area contributed by atoms with Crippen LogP contribution in [0, 0.1) is 30.4 Å². The highest BCUT2D eigenvalue weighted by atomic mass is 19.2. The zero-order valence-electron chi connectivity index (χ0n) is 11.2. The Morgan fingerprint density at radius 3 is 2.74 bits per heavy atom. The second-order valence-electron chi connectivity index (χ2n) is 5.25. The quantitative estimate of drug-likeness (QED) is 0.655. The lowest BCUT2D eigenvalue weighted by Crippen LogP contribution is -2.40. The first-order chi connectivity index (χ1) is 9.06. The highest BCUT2D eigenvalue weighted by Gasteiger charge is 2.32. The first-order valence-corrected chi connectivity index (χ1v) is 6.54. The summed E-state index contributed by atoms with van der Waals surface area (Å²) in [6.45, 7) is 4.84. The van der Waals surface area contributed by atoms with Gasteiger partial charge in [0.05, 0.1) is 6.04 Å². The lowest BCUT2D eigenvalue weighted by molar-refractivity contribution is 0.0100. The molecule has 0 spiro atoms. The Bertz CT molecular complexity index is 453. The van der Waals surface area contributed by atoms with Gasteiger partial charge in [-0.2, -0.15) is 0 Å². The first kappa shape index (κ1) is 14.4. The minimum atomic E-state index is -0.804. The van der Waals surface area contributed by atoms with Crippen LogP contribution in [0.25, 0.3) is 0 Å². The van der Waals surface area contributed by atoms with Gasteiger partial charge in [0.25, 0.3) is 0 Å². The smallest absolute Gasteiger partial charge is 0.163 e. The van der Waals surface area contributed by atoms with Crippen LogP contribution in [0.2, 0.25) is 0 Å². The van der Waals surface area contributed by atoms with Crippen LogP contribution in [0.3, 0.4) is 0 Å². The molecule has 0 bridgehead atoms. The topological polar surface area (TPSA) is 47.3 Å².